The van der Waals surface area contributed by atoms with Gasteiger partial charge in [-0.05, 0) is 18.8 Å². The predicted octanol–water partition coefficient (Wildman–Crippen LogP) is 0.302. The minimum atomic E-state index is -0.861. The van der Waals surface area contributed by atoms with Gasteiger partial charge in [-0.2, -0.15) is 0 Å². The SMILES string of the molecule is COC(=O)C1CN(C(=O)NCC2(C(=O)O)CC2)CC1C. The molecule has 0 aromatic heterocycles. The number of methoxy groups -OCH3 is 1. The summed E-state index contributed by atoms with van der Waals surface area (Å²) in [6, 6.07) is -0.309. The lowest BCUT2D eigenvalue weighted by Gasteiger charge is -2.19. The molecule has 0 aromatic carbocycles. The highest BCUT2D eigenvalue weighted by atomic mass is 16.5. The van der Waals surface area contributed by atoms with E-state index < -0.39 is 11.4 Å². The predicted molar refractivity (Wildman–Crippen MR) is 68.9 cm³/mol. The molecule has 2 N–H and O–H groups in total. The molecule has 112 valence electrons. The smallest absolute Gasteiger partial charge is 0.317 e. The summed E-state index contributed by atoms with van der Waals surface area (Å²) < 4.78 is 4.71. The molecule has 20 heavy (non-hydrogen) atoms. The number of rotatable bonds is 4. The maximum Gasteiger partial charge on any atom is 0.317 e. The molecule has 2 amide bonds. The first-order valence-corrected chi connectivity index (χ1v) is 6.73. The molecule has 2 atom stereocenters. The van der Waals surface area contributed by atoms with E-state index in [1.54, 1.807) is 4.90 Å². The van der Waals surface area contributed by atoms with Gasteiger partial charge in [0, 0.05) is 19.6 Å². The van der Waals surface area contributed by atoms with Crippen LogP contribution in [0.4, 0.5) is 4.79 Å². The number of ether oxygens (including phenoxy) is 1. The average Bonchev–Trinajstić information content (AvgIpc) is 3.12. The molecule has 1 aliphatic carbocycles. The molecule has 1 saturated heterocycles. The number of amides is 2. The minimum Gasteiger partial charge on any atom is -0.481 e. The number of hydrogen-bond acceptors (Lipinski definition) is 4. The number of urea groups is 1. The van der Waals surface area contributed by atoms with Crippen LogP contribution in [0.2, 0.25) is 0 Å². The normalized spacial score (nSPS) is 27.0. The van der Waals surface area contributed by atoms with Crippen molar-refractivity contribution in [3.05, 3.63) is 0 Å². The largest absolute Gasteiger partial charge is 0.481 e. The van der Waals surface area contributed by atoms with Crippen molar-refractivity contribution in [2.45, 2.75) is 19.8 Å². The lowest BCUT2D eigenvalue weighted by Crippen LogP contribution is -2.42. The van der Waals surface area contributed by atoms with Crippen molar-refractivity contribution >= 4 is 18.0 Å². The van der Waals surface area contributed by atoms with E-state index in [9.17, 15) is 14.4 Å². The summed E-state index contributed by atoms with van der Waals surface area (Å²) in [6.45, 7) is 2.84. The summed E-state index contributed by atoms with van der Waals surface area (Å²) in [5.41, 5.74) is -0.775. The van der Waals surface area contributed by atoms with E-state index in [4.69, 9.17) is 9.84 Å². The van der Waals surface area contributed by atoms with Crippen molar-refractivity contribution in [2.24, 2.45) is 17.3 Å². The Morgan fingerprint density at radius 2 is 2.00 bits per heavy atom. The van der Waals surface area contributed by atoms with Crippen molar-refractivity contribution in [2.75, 3.05) is 26.7 Å². The molecule has 0 bridgehead atoms. The Morgan fingerprint density at radius 3 is 2.50 bits per heavy atom. The molecule has 0 radical (unpaired) electrons. The number of hydrogen-bond donors (Lipinski definition) is 2. The second kappa shape index (κ2) is 5.30. The molecule has 1 saturated carbocycles. The average molecular weight is 284 g/mol. The van der Waals surface area contributed by atoms with Gasteiger partial charge in [0.2, 0.25) is 0 Å². The van der Waals surface area contributed by atoms with Crippen LogP contribution < -0.4 is 5.32 Å². The molecule has 2 aliphatic rings. The van der Waals surface area contributed by atoms with Crippen molar-refractivity contribution in [1.82, 2.24) is 10.2 Å². The number of likely N-dealkylation sites (tertiary alicyclic amines) is 1. The summed E-state index contributed by atoms with van der Waals surface area (Å²) >= 11 is 0. The zero-order chi connectivity index (χ0) is 14.9. The number of esters is 1. The highest BCUT2D eigenvalue weighted by Crippen LogP contribution is 2.45. The first kappa shape index (κ1) is 14.6. The Balaban J connectivity index is 1.85. The van der Waals surface area contributed by atoms with Crippen LogP contribution in [0.15, 0.2) is 0 Å². The van der Waals surface area contributed by atoms with Gasteiger partial charge < -0.3 is 20.1 Å². The van der Waals surface area contributed by atoms with Crippen LogP contribution >= 0.6 is 0 Å². The van der Waals surface area contributed by atoms with E-state index in [0.717, 1.165) is 0 Å². The fourth-order valence-corrected chi connectivity index (χ4v) is 2.56. The van der Waals surface area contributed by atoms with E-state index in [1.165, 1.54) is 7.11 Å². The molecular formula is C13H20N2O5. The van der Waals surface area contributed by atoms with Gasteiger partial charge in [0.1, 0.15) is 0 Å². The zero-order valence-corrected chi connectivity index (χ0v) is 11.7. The van der Waals surface area contributed by atoms with Crippen molar-refractivity contribution in [3.63, 3.8) is 0 Å². The third-order valence-electron chi connectivity index (χ3n) is 4.29. The maximum absolute atomic E-state index is 12.0. The highest BCUT2D eigenvalue weighted by molar-refractivity contribution is 5.81. The Kier molecular flexibility index (Phi) is 3.87. The van der Waals surface area contributed by atoms with Crippen LogP contribution in [0.5, 0.6) is 0 Å². The molecule has 0 aromatic rings. The number of carboxylic acid groups (broad SMARTS) is 1. The number of nitrogens with one attached hydrogen (secondary N) is 1. The first-order chi connectivity index (χ1) is 9.39. The summed E-state index contributed by atoms with van der Waals surface area (Å²) in [7, 11) is 1.33. The van der Waals surface area contributed by atoms with Crippen molar-refractivity contribution in [3.8, 4) is 0 Å². The van der Waals surface area contributed by atoms with Crippen LogP contribution in [-0.2, 0) is 14.3 Å². The van der Waals surface area contributed by atoms with Crippen molar-refractivity contribution < 1.29 is 24.2 Å². The zero-order valence-electron chi connectivity index (χ0n) is 11.7. The van der Waals surface area contributed by atoms with E-state index in [2.05, 4.69) is 5.32 Å². The number of aliphatic carboxylic acids is 1. The summed E-state index contributed by atoms with van der Waals surface area (Å²) in [4.78, 5) is 36.1. The van der Waals surface area contributed by atoms with E-state index in [0.29, 0.717) is 25.9 Å². The van der Waals surface area contributed by atoms with Gasteiger partial charge in [0.15, 0.2) is 0 Å². The first-order valence-electron chi connectivity index (χ1n) is 6.73. The standard InChI is InChI=1S/C13H20N2O5/c1-8-5-15(6-9(8)10(16)20-2)12(19)14-7-13(3-4-13)11(17)18/h8-9H,3-7H2,1-2H3,(H,14,19)(H,17,18). The fraction of sp³-hybridized carbons (Fsp3) is 0.769. The highest BCUT2D eigenvalue weighted by Gasteiger charge is 2.50. The molecular weight excluding hydrogens is 264 g/mol. The van der Waals surface area contributed by atoms with Crippen LogP contribution in [0.3, 0.4) is 0 Å². The Bertz CT molecular complexity index is 432. The molecule has 0 spiro atoms. The Hall–Kier alpha value is -1.79. The molecule has 7 heteroatoms. The molecule has 2 fully saturated rings. The molecule has 2 rings (SSSR count). The Labute approximate surface area is 117 Å². The minimum absolute atomic E-state index is 0.0440. The topological polar surface area (TPSA) is 95.9 Å². The Morgan fingerprint density at radius 1 is 1.35 bits per heavy atom. The third-order valence-corrected chi connectivity index (χ3v) is 4.29. The number of carbonyl (C=O) groups excluding carboxylic acids is 2. The number of carbonyl (C=O) groups is 3. The van der Waals surface area contributed by atoms with E-state index >= 15 is 0 Å². The third kappa shape index (κ3) is 2.71. The van der Waals surface area contributed by atoms with Gasteiger partial charge in [-0.1, -0.05) is 6.92 Å². The summed E-state index contributed by atoms with van der Waals surface area (Å²) in [6.07, 6.45) is 1.20. The van der Waals surface area contributed by atoms with Crippen LogP contribution in [0, 0.1) is 17.3 Å². The molecule has 7 nitrogen and oxygen atoms in total. The van der Waals surface area contributed by atoms with Crippen molar-refractivity contribution in [1.29, 1.82) is 0 Å². The van der Waals surface area contributed by atoms with Gasteiger partial charge in [-0.25, -0.2) is 4.79 Å². The van der Waals surface area contributed by atoms with Crippen LogP contribution in [-0.4, -0.2) is 54.7 Å². The number of nitrogens with zero attached hydrogens (tertiary/aromatic N) is 1. The quantitative estimate of drug-likeness (QED) is 0.724. The summed E-state index contributed by atoms with van der Waals surface area (Å²) in [5, 5.41) is 11.7. The molecule has 1 heterocycles. The van der Waals surface area contributed by atoms with Gasteiger partial charge in [-0.3, -0.25) is 9.59 Å². The van der Waals surface area contributed by atoms with Gasteiger partial charge >= 0.3 is 18.0 Å². The second-order valence-corrected chi connectivity index (χ2v) is 5.76. The van der Waals surface area contributed by atoms with E-state index in [1.807, 2.05) is 6.92 Å². The monoisotopic (exact) mass is 284 g/mol. The fourth-order valence-electron chi connectivity index (χ4n) is 2.56. The lowest BCUT2D eigenvalue weighted by atomic mass is 9.99. The van der Waals surface area contributed by atoms with Gasteiger partial charge in [0.05, 0.1) is 18.4 Å². The second-order valence-electron chi connectivity index (χ2n) is 5.76. The van der Waals surface area contributed by atoms with Crippen LogP contribution in [0.1, 0.15) is 19.8 Å². The van der Waals surface area contributed by atoms with Crippen LogP contribution in [0.25, 0.3) is 0 Å². The molecule has 2 unspecified atom stereocenters. The molecule has 1 aliphatic heterocycles. The van der Waals surface area contributed by atoms with Gasteiger partial charge in [0.25, 0.3) is 0 Å². The number of carboxylic acids is 1. The summed E-state index contributed by atoms with van der Waals surface area (Å²) in [5.74, 6) is -1.43. The van der Waals surface area contributed by atoms with E-state index in [-0.39, 0.29) is 30.4 Å². The lowest BCUT2D eigenvalue weighted by molar-refractivity contribution is -0.146. The maximum atomic E-state index is 12.0. The van der Waals surface area contributed by atoms with Gasteiger partial charge in [-0.15, -0.1) is 0 Å².